The number of aromatic nitrogens is 3. The van der Waals surface area contributed by atoms with Crippen molar-refractivity contribution in [3.8, 4) is 11.1 Å². The number of carbonyl (C=O) groups is 2. The number of hydrogen-bond acceptors (Lipinski definition) is 5. The minimum absolute atomic E-state index is 0.249. The molecule has 1 N–H and O–H groups in total. The molecule has 0 atom stereocenters. The second-order valence-electron chi connectivity index (χ2n) is 6.95. The standard InChI is InChI=1S/C23H19FN4O3/c1-13-20(15-8-10-16(24)11-9-15)21-25-12-18(14(2)28(21)27-13)22(29)26-19-7-5-4-6-17(19)23(30)31-3/h4-12H,1-3H3,(H,26,29). The minimum Gasteiger partial charge on any atom is -0.465 e. The van der Waals surface area contributed by atoms with Gasteiger partial charge in [0, 0.05) is 11.8 Å². The van der Waals surface area contributed by atoms with Gasteiger partial charge in [-0.3, -0.25) is 4.79 Å². The Kier molecular flexibility index (Phi) is 5.21. The highest BCUT2D eigenvalue weighted by Crippen LogP contribution is 2.28. The van der Waals surface area contributed by atoms with Crippen molar-refractivity contribution in [1.82, 2.24) is 14.6 Å². The topological polar surface area (TPSA) is 85.6 Å². The number of methoxy groups -OCH3 is 1. The summed E-state index contributed by atoms with van der Waals surface area (Å²) in [6.45, 7) is 3.59. The highest BCUT2D eigenvalue weighted by molar-refractivity contribution is 6.08. The highest BCUT2D eigenvalue weighted by Gasteiger charge is 2.20. The summed E-state index contributed by atoms with van der Waals surface area (Å²) in [6.07, 6.45) is 1.47. The molecule has 31 heavy (non-hydrogen) atoms. The number of para-hydroxylation sites is 1. The summed E-state index contributed by atoms with van der Waals surface area (Å²) in [4.78, 5) is 29.4. The van der Waals surface area contributed by atoms with E-state index in [0.717, 1.165) is 11.1 Å². The Bertz CT molecular complexity index is 1310. The van der Waals surface area contributed by atoms with E-state index in [9.17, 15) is 14.0 Å². The highest BCUT2D eigenvalue weighted by atomic mass is 19.1. The lowest BCUT2D eigenvalue weighted by Crippen LogP contribution is -2.18. The van der Waals surface area contributed by atoms with Crippen LogP contribution in [0, 0.1) is 19.7 Å². The van der Waals surface area contributed by atoms with Crippen LogP contribution >= 0.6 is 0 Å². The van der Waals surface area contributed by atoms with E-state index < -0.39 is 11.9 Å². The number of benzene rings is 2. The van der Waals surface area contributed by atoms with E-state index in [4.69, 9.17) is 4.74 Å². The van der Waals surface area contributed by atoms with Gasteiger partial charge in [0.2, 0.25) is 0 Å². The van der Waals surface area contributed by atoms with Crippen LogP contribution in [0.5, 0.6) is 0 Å². The van der Waals surface area contributed by atoms with E-state index in [1.54, 1.807) is 47.8 Å². The van der Waals surface area contributed by atoms with E-state index in [-0.39, 0.29) is 11.4 Å². The molecule has 0 unspecified atom stereocenters. The predicted molar refractivity (Wildman–Crippen MR) is 114 cm³/mol. The number of nitrogens with one attached hydrogen (secondary N) is 1. The maximum atomic E-state index is 13.3. The van der Waals surface area contributed by atoms with Gasteiger partial charge in [0.05, 0.1) is 35.3 Å². The van der Waals surface area contributed by atoms with Gasteiger partial charge in [-0.2, -0.15) is 5.10 Å². The molecule has 0 spiro atoms. The Morgan fingerprint density at radius 3 is 2.45 bits per heavy atom. The smallest absolute Gasteiger partial charge is 0.339 e. The molecule has 0 saturated heterocycles. The Morgan fingerprint density at radius 2 is 1.74 bits per heavy atom. The fourth-order valence-electron chi connectivity index (χ4n) is 3.45. The summed E-state index contributed by atoms with van der Waals surface area (Å²) in [5.41, 5.74) is 4.29. The van der Waals surface area contributed by atoms with E-state index in [1.807, 2.05) is 6.92 Å². The zero-order valence-corrected chi connectivity index (χ0v) is 17.1. The molecular weight excluding hydrogens is 399 g/mol. The Balaban J connectivity index is 1.73. The largest absolute Gasteiger partial charge is 0.465 e. The van der Waals surface area contributed by atoms with Crippen molar-refractivity contribution in [3.63, 3.8) is 0 Å². The third-order valence-electron chi connectivity index (χ3n) is 5.02. The maximum absolute atomic E-state index is 13.3. The first-order chi connectivity index (χ1) is 14.9. The van der Waals surface area contributed by atoms with Crippen LogP contribution in [0.4, 0.5) is 10.1 Å². The monoisotopic (exact) mass is 418 g/mol. The number of rotatable bonds is 4. The molecule has 0 saturated carbocycles. The number of ether oxygens (including phenoxy) is 1. The van der Waals surface area contributed by atoms with Gasteiger partial charge < -0.3 is 10.1 Å². The van der Waals surface area contributed by atoms with Crippen molar-refractivity contribution in [2.75, 3.05) is 12.4 Å². The van der Waals surface area contributed by atoms with Crippen LogP contribution < -0.4 is 5.32 Å². The first kappa shape index (κ1) is 20.2. The number of halogens is 1. The van der Waals surface area contributed by atoms with Gasteiger partial charge in [-0.25, -0.2) is 18.7 Å². The average molecular weight is 418 g/mol. The van der Waals surface area contributed by atoms with Gasteiger partial charge in [-0.15, -0.1) is 0 Å². The lowest BCUT2D eigenvalue weighted by Gasteiger charge is -2.11. The van der Waals surface area contributed by atoms with Crippen LogP contribution in [-0.4, -0.2) is 33.6 Å². The molecule has 4 rings (SSSR count). The Hall–Kier alpha value is -4.07. The molecule has 2 aromatic heterocycles. The molecule has 7 nitrogen and oxygen atoms in total. The van der Waals surface area contributed by atoms with Gasteiger partial charge in [-0.05, 0) is 43.7 Å². The molecule has 156 valence electrons. The molecule has 0 radical (unpaired) electrons. The van der Waals surface area contributed by atoms with Crippen molar-refractivity contribution in [2.24, 2.45) is 0 Å². The summed E-state index contributed by atoms with van der Waals surface area (Å²) >= 11 is 0. The summed E-state index contributed by atoms with van der Waals surface area (Å²) in [5, 5.41) is 7.27. The second kappa shape index (κ2) is 7.98. The zero-order chi connectivity index (χ0) is 22.1. The summed E-state index contributed by atoms with van der Waals surface area (Å²) in [7, 11) is 1.28. The SMILES string of the molecule is COC(=O)c1ccccc1NC(=O)c1cnc2c(-c3ccc(F)cc3)c(C)nn2c1C. The van der Waals surface area contributed by atoms with Crippen LogP contribution in [0.2, 0.25) is 0 Å². The second-order valence-corrected chi connectivity index (χ2v) is 6.95. The van der Waals surface area contributed by atoms with Gasteiger partial charge in [0.25, 0.3) is 5.91 Å². The maximum Gasteiger partial charge on any atom is 0.339 e. The van der Waals surface area contributed by atoms with E-state index in [1.165, 1.54) is 25.4 Å². The summed E-state index contributed by atoms with van der Waals surface area (Å²) in [5.74, 6) is -1.30. The molecule has 0 fully saturated rings. The van der Waals surface area contributed by atoms with Crippen LogP contribution in [0.25, 0.3) is 16.8 Å². The number of aryl methyl sites for hydroxylation is 2. The van der Waals surface area contributed by atoms with Crippen molar-refractivity contribution >= 4 is 23.2 Å². The number of esters is 1. The minimum atomic E-state index is -0.548. The lowest BCUT2D eigenvalue weighted by atomic mass is 10.1. The fraction of sp³-hybridized carbons (Fsp3) is 0.130. The average Bonchev–Trinajstić information content (AvgIpc) is 3.11. The van der Waals surface area contributed by atoms with Gasteiger partial charge in [-0.1, -0.05) is 24.3 Å². The molecule has 8 heteroatoms. The van der Waals surface area contributed by atoms with Gasteiger partial charge in [0.1, 0.15) is 5.82 Å². The fourth-order valence-corrected chi connectivity index (χ4v) is 3.45. The third kappa shape index (κ3) is 3.63. The van der Waals surface area contributed by atoms with Crippen molar-refractivity contribution in [1.29, 1.82) is 0 Å². The van der Waals surface area contributed by atoms with Gasteiger partial charge in [0.15, 0.2) is 5.65 Å². The Morgan fingerprint density at radius 1 is 1.03 bits per heavy atom. The quantitative estimate of drug-likeness (QED) is 0.502. The molecule has 2 heterocycles. The normalized spacial score (nSPS) is 10.8. The zero-order valence-electron chi connectivity index (χ0n) is 17.1. The predicted octanol–water partition coefficient (Wildman–Crippen LogP) is 4.19. The number of carbonyl (C=O) groups excluding carboxylic acids is 2. The van der Waals surface area contributed by atoms with Crippen LogP contribution in [0.3, 0.4) is 0 Å². The number of anilines is 1. The van der Waals surface area contributed by atoms with Crippen LogP contribution in [0.15, 0.2) is 54.7 Å². The Labute approximate surface area is 177 Å². The van der Waals surface area contributed by atoms with Gasteiger partial charge >= 0.3 is 5.97 Å². The number of amides is 1. The molecule has 0 bridgehead atoms. The molecule has 4 aromatic rings. The molecular formula is C23H19FN4O3. The molecule has 1 amide bonds. The lowest BCUT2D eigenvalue weighted by molar-refractivity contribution is 0.0602. The molecule has 0 aliphatic carbocycles. The number of hydrogen-bond donors (Lipinski definition) is 1. The first-order valence-corrected chi connectivity index (χ1v) is 9.50. The van der Waals surface area contributed by atoms with Crippen molar-refractivity contribution in [2.45, 2.75) is 13.8 Å². The summed E-state index contributed by atoms with van der Waals surface area (Å²) < 4.78 is 19.7. The van der Waals surface area contributed by atoms with Crippen LogP contribution in [-0.2, 0) is 4.74 Å². The summed E-state index contributed by atoms with van der Waals surface area (Å²) in [6, 6.07) is 12.7. The molecule has 2 aromatic carbocycles. The number of nitrogens with zero attached hydrogens (tertiary/aromatic N) is 3. The van der Waals surface area contributed by atoms with E-state index >= 15 is 0 Å². The van der Waals surface area contributed by atoms with Crippen LogP contribution in [0.1, 0.15) is 32.1 Å². The molecule has 0 aliphatic rings. The van der Waals surface area contributed by atoms with E-state index in [0.29, 0.717) is 28.3 Å². The van der Waals surface area contributed by atoms with E-state index in [2.05, 4.69) is 15.4 Å². The first-order valence-electron chi connectivity index (χ1n) is 9.50. The van der Waals surface area contributed by atoms with Crippen molar-refractivity contribution < 1.29 is 18.7 Å². The number of fused-ring (bicyclic) bond motifs is 1. The molecule has 0 aliphatic heterocycles. The third-order valence-corrected chi connectivity index (χ3v) is 5.02. The van der Waals surface area contributed by atoms with Crippen molar-refractivity contribution in [3.05, 3.63) is 83.1 Å².